The second kappa shape index (κ2) is 58.8. The number of phosphoric ester groups is 2. The number of hydrogen-bond donors (Lipinski definition) is 3. The summed E-state index contributed by atoms with van der Waals surface area (Å²) in [6, 6.07) is 0. The molecule has 0 aliphatic rings. The van der Waals surface area contributed by atoms with E-state index in [0.29, 0.717) is 37.5 Å². The first-order chi connectivity index (χ1) is 42.1. The SMILES string of the molecule is CC(C)CCCCCCCCCCCCCCCCCC(=O)O[C@H](COC(=O)CCCCCCCCCC(C)C)COP(=O)(O)OC[C@@H](O)COP(=O)(O)OC[C@@H](COC(=O)CCCCCCCCC(C)C)OC(=O)CCCCCCCCCCC(C)C. The second-order valence-electron chi connectivity index (χ2n) is 26.8. The monoisotopic (exact) mass is 1300 g/mol. The summed E-state index contributed by atoms with van der Waals surface area (Å²) in [5.74, 6) is 0.770. The Hall–Kier alpha value is -1.94. The summed E-state index contributed by atoms with van der Waals surface area (Å²) >= 11 is 0. The number of carbonyl (C=O) groups is 4. The molecule has 0 fully saturated rings. The molecule has 0 aromatic carbocycles. The lowest BCUT2D eigenvalue weighted by molar-refractivity contribution is -0.161. The Bertz CT molecular complexity index is 1750. The van der Waals surface area contributed by atoms with Crippen LogP contribution in [0.25, 0.3) is 0 Å². The Balaban J connectivity index is 5.20. The third-order valence-electron chi connectivity index (χ3n) is 15.8. The minimum Gasteiger partial charge on any atom is -0.462 e. The fourth-order valence-corrected chi connectivity index (χ4v) is 11.9. The Kier molecular flexibility index (Phi) is 57.6. The molecule has 3 N–H and O–H groups in total. The molecule has 17 nitrogen and oxygen atoms in total. The molecule has 0 aliphatic carbocycles. The molecule has 0 aromatic heterocycles. The van der Waals surface area contributed by atoms with Crippen molar-refractivity contribution in [3.8, 4) is 0 Å². The van der Waals surface area contributed by atoms with Crippen LogP contribution in [0, 0.1) is 23.7 Å². The Labute approximate surface area is 537 Å². The molecule has 88 heavy (non-hydrogen) atoms. The van der Waals surface area contributed by atoms with Gasteiger partial charge in [-0.3, -0.25) is 37.3 Å². The molecule has 0 rings (SSSR count). The number of phosphoric acid groups is 2. The van der Waals surface area contributed by atoms with E-state index in [1.54, 1.807) is 0 Å². The molecule has 5 atom stereocenters. The number of unbranched alkanes of at least 4 members (excludes halogenated alkanes) is 32. The quantitative estimate of drug-likeness (QED) is 0.0222. The molecular weight excluding hydrogens is 1160 g/mol. The first-order valence-corrected chi connectivity index (χ1v) is 38.7. The van der Waals surface area contributed by atoms with Crippen molar-refractivity contribution in [1.82, 2.24) is 0 Å². The van der Waals surface area contributed by atoms with Crippen molar-refractivity contribution in [2.45, 2.75) is 356 Å². The lowest BCUT2D eigenvalue weighted by Crippen LogP contribution is -2.30. The zero-order valence-electron chi connectivity index (χ0n) is 57.3. The summed E-state index contributed by atoms with van der Waals surface area (Å²) in [7, 11) is -9.90. The highest BCUT2D eigenvalue weighted by molar-refractivity contribution is 7.47. The Morgan fingerprint density at radius 1 is 0.284 bits per heavy atom. The maximum Gasteiger partial charge on any atom is 0.472 e. The van der Waals surface area contributed by atoms with Crippen LogP contribution in [0.15, 0.2) is 0 Å². The number of hydrogen-bond acceptors (Lipinski definition) is 15. The number of aliphatic hydroxyl groups is 1. The number of ether oxygens (including phenoxy) is 4. The van der Waals surface area contributed by atoms with Crippen LogP contribution in [0.3, 0.4) is 0 Å². The van der Waals surface area contributed by atoms with Crippen LogP contribution >= 0.6 is 15.6 Å². The highest BCUT2D eigenvalue weighted by atomic mass is 31.2. The Morgan fingerprint density at radius 3 is 0.705 bits per heavy atom. The van der Waals surface area contributed by atoms with E-state index in [1.807, 2.05) is 0 Å². The van der Waals surface area contributed by atoms with Gasteiger partial charge in [0, 0.05) is 25.7 Å². The Morgan fingerprint density at radius 2 is 0.477 bits per heavy atom. The van der Waals surface area contributed by atoms with Gasteiger partial charge in [-0.15, -0.1) is 0 Å². The van der Waals surface area contributed by atoms with Gasteiger partial charge in [0.1, 0.15) is 19.3 Å². The molecule has 0 radical (unpaired) electrons. The van der Waals surface area contributed by atoms with Crippen molar-refractivity contribution in [2.24, 2.45) is 23.7 Å². The average Bonchev–Trinajstić information content (AvgIpc) is 3.56. The molecule has 0 aromatic rings. The smallest absolute Gasteiger partial charge is 0.462 e. The zero-order valence-corrected chi connectivity index (χ0v) is 59.1. The largest absolute Gasteiger partial charge is 0.472 e. The molecule has 0 spiro atoms. The predicted octanol–water partition coefficient (Wildman–Crippen LogP) is 19.3. The fraction of sp³-hybridized carbons (Fsp3) is 0.942. The van der Waals surface area contributed by atoms with E-state index in [4.69, 9.17) is 37.0 Å². The van der Waals surface area contributed by atoms with Crippen molar-refractivity contribution < 1.29 is 80.2 Å². The van der Waals surface area contributed by atoms with Crippen LogP contribution in [-0.2, 0) is 65.4 Å². The van der Waals surface area contributed by atoms with Gasteiger partial charge < -0.3 is 33.8 Å². The van der Waals surface area contributed by atoms with E-state index in [0.717, 1.165) is 115 Å². The molecule has 0 amide bonds. The predicted molar refractivity (Wildman–Crippen MR) is 354 cm³/mol. The summed E-state index contributed by atoms with van der Waals surface area (Å²) in [4.78, 5) is 72.4. The van der Waals surface area contributed by atoms with Gasteiger partial charge in [0.15, 0.2) is 12.2 Å². The van der Waals surface area contributed by atoms with Gasteiger partial charge in [0.05, 0.1) is 26.4 Å². The first kappa shape index (κ1) is 86.1. The number of aliphatic hydroxyl groups excluding tert-OH is 1. The standard InChI is InChI=1S/C69H134O17P2/c1-59(2)45-37-29-21-16-14-12-10-9-11-13-15-17-24-35-43-51-68(73)85-64(55-79-66(71)49-41-33-26-20-23-31-39-47-61(5)6)57-83-87(75,76)81-53-63(70)54-82-88(77,78)84-58-65(56-80-67(72)50-42-34-28-27-32-40-48-62(7)8)86-69(74)52-44-36-25-19-18-22-30-38-46-60(3)4/h59-65,70H,9-58H2,1-8H3,(H,75,76)(H,77,78)/t63-,64-,65-/m1/s1. The zero-order chi connectivity index (χ0) is 65.4. The highest BCUT2D eigenvalue weighted by Gasteiger charge is 2.30. The van der Waals surface area contributed by atoms with Crippen LogP contribution in [0.4, 0.5) is 0 Å². The highest BCUT2D eigenvalue weighted by Crippen LogP contribution is 2.45. The van der Waals surface area contributed by atoms with E-state index in [1.165, 1.54) is 128 Å². The molecule has 0 heterocycles. The molecule has 0 saturated carbocycles. The van der Waals surface area contributed by atoms with E-state index >= 15 is 0 Å². The van der Waals surface area contributed by atoms with Gasteiger partial charge in [-0.05, 0) is 49.4 Å². The van der Waals surface area contributed by atoms with E-state index < -0.39 is 97.5 Å². The van der Waals surface area contributed by atoms with Crippen LogP contribution in [0.5, 0.6) is 0 Å². The van der Waals surface area contributed by atoms with Gasteiger partial charge in [-0.25, -0.2) is 9.13 Å². The summed E-state index contributed by atoms with van der Waals surface area (Å²) in [6.45, 7) is 14.0. The molecule has 522 valence electrons. The first-order valence-electron chi connectivity index (χ1n) is 35.7. The van der Waals surface area contributed by atoms with Gasteiger partial charge >= 0.3 is 39.5 Å². The molecule has 2 unspecified atom stereocenters. The third-order valence-corrected chi connectivity index (χ3v) is 17.7. The van der Waals surface area contributed by atoms with E-state index in [9.17, 15) is 43.2 Å². The summed E-state index contributed by atoms with van der Waals surface area (Å²) < 4.78 is 68.2. The van der Waals surface area contributed by atoms with Crippen molar-refractivity contribution in [2.75, 3.05) is 39.6 Å². The minimum absolute atomic E-state index is 0.103. The summed E-state index contributed by atoms with van der Waals surface area (Å²) in [6.07, 6.45) is 40.6. The molecule has 0 bridgehead atoms. The van der Waals surface area contributed by atoms with Crippen LogP contribution in [-0.4, -0.2) is 96.7 Å². The van der Waals surface area contributed by atoms with Crippen molar-refractivity contribution in [1.29, 1.82) is 0 Å². The molecule has 19 heteroatoms. The topological polar surface area (TPSA) is 237 Å². The molecule has 0 aliphatic heterocycles. The second-order valence-corrected chi connectivity index (χ2v) is 29.7. The van der Waals surface area contributed by atoms with Crippen LogP contribution in [0.1, 0.15) is 338 Å². The van der Waals surface area contributed by atoms with E-state index in [-0.39, 0.29) is 25.7 Å². The van der Waals surface area contributed by atoms with Crippen LogP contribution < -0.4 is 0 Å². The van der Waals surface area contributed by atoms with Gasteiger partial charge in [-0.2, -0.15) is 0 Å². The van der Waals surface area contributed by atoms with Crippen molar-refractivity contribution in [3.05, 3.63) is 0 Å². The number of carbonyl (C=O) groups excluding carboxylic acids is 4. The van der Waals surface area contributed by atoms with Crippen molar-refractivity contribution >= 4 is 39.5 Å². The average molecular weight is 1300 g/mol. The maximum atomic E-state index is 13.0. The number of rotatable bonds is 66. The fourth-order valence-electron chi connectivity index (χ4n) is 10.3. The molecule has 0 saturated heterocycles. The van der Waals surface area contributed by atoms with Gasteiger partial charge in [-0.1, -0.05) is 287 Å². The number of esters is 4. The minimum atomic E-state index is -4.95. The third kappa shape index (κ3) is 62.8. The summed E-state index contributed by atoms with van der Waals surface area (Å²) in [5, 5.41) is 10.6. The molecular formula is C69H134O17P2. The normalized spacial score (nSPS) is 14.3. The van der Waals surface area contributed by atoms with Crippen molar-refractivity contribution in [3.63, 3.8) is 0 Å². The van der Waals surface area contributed by atoms with Gasteiger partial charge in [0.25, 0.3) is 0 Å². The van der Waals surface area contributed by atoms with Gasteiger partial charge in [0.2, 0.25) is 0 Å². The maximum absolute atomic E-state index is 13.0. The van der Waals surface area contributed by atoms with E-state index in [2.05, 4.69) is 55.4 Å². The van der Waals surface area contributed by atoms with Crippen LogP contribution in [0.2, 0.25) is 0 Å². The summed E-state index contributed by atoms with van der Waals surface area (Å²) in [5.41, 5.74) is 0. The lowest BCUT2D eigenvalue weighted by Gasteiger charge is -2.21. The lowest BCUT2D eigenvalue weighted by atomic mass is 10.0.